The van der Waals surface area contributed by atoms with Crippen LogP contribution in [0.15, 0.2) is 18.2 Å². The average molecular weight is 218 g/mol. The fraction of sp³-hybridized carbons (Fsp3) is 0.167. The van der Waals surface area contributed by atoms with Gasteiger partial charge in [0.25, 0.3) is 0 Å². The van der Waals surface area contributed by atoms with E-state index < -0.39 is 5.97 Å². The van der Waals surface area contributed by atoms with Gasteiger partial charge in [-0.15, -0.1) is 0 Å². The maximum absolute atomic E-state index is 10.8. The van der Waals surface area contributed by atoms with E-state index in [1.807, 2.05) is 0 Å². The zero-order chi connectivity index (χ0) is 12.0. The van der Waals surface area contributed by atoms with Crippen LogP contribution in [0.1, 0.15) is 22.3 Å². The standard InChI is InChI=1S/C12H10O4/c1-16-11-8-9(4-2-3-7-13)5-6-10(11)12(14)15/h5-8H,3H2,1H3,(H,14,15). The van der Waals surface area contributed by atoms with Gasteiger partial charge in [0.15, 0.2) is 0 Å². The second-order valence-corrected chi connectivity index (χ2v) is 2.89. The van der Waals surface area contributed by atoms with Crippen molar-refractivity contribution < 1.29 is 19.4 Å². The predicted molar refractivity (Wildman–Crippen MR) is 57.5 cm³/mol. The van der Waals surface area contributed by atoms with Crippen LogP contribution in [0.2, 0.25) is 0 Å². The minimum absolute atomic E-state index is 0.0865. The fourth-order valence-electron chi connectivity index (χ4n) is 1.14. The Bertz CT molecular complexity index is 466. The number of carboxylic acids is 1. The van der Waals surface area contributed by atoms with Crippen molar-refractivity contribution in [2.45, 2.75) is 6.42 Å². The Morgan fingerprint density at radius 1 is 1.56 bits per heavy atom. The SMILES string of the molecule is COc1cc(C#CCC=O)ccc1C(=O)O. The van der Waals surface area contributed by atoms with Gasteiger partial charge in [-0.2, -0.15) is 0 Å². The Balaban J connectivity index is 3.05. The molecule has 0 aliphatic heterocycles. The number of carboxylic acid groups (broad SMARTS) is 1. The monoisotopic (exact) mass is 218 g/mol. The molecule has 0 atom stereocenters. The highest BCUT2D eigenvalue weighted by atomic mass is 16.5. The molecule has 0 heterocycles. The lowest BCUT2D eigenvalue weighted by Gasteiger charge is -2.04. The van der Waals surface area contributed by atoms with E-state index in [4.69, 9.17) is 9.84 Å². The third kappa shape index (κ3) is 2.85. The molecule has 1 aromatic rings. The number of carbonyl (C=O) groups is 2. The summed E-state index contributed by atoms with van der Waals surface area (Å²) in [5, 5.41) is 8.84. The van der Waals surface area contributed by atoms with Gasteiger partial charge < -0.3 is 14.6 Å². The van der Waals surface area contributed by atoms with E-state index in [9.17, 15) is 9.59 Å². The molecule has 0 aliphatic carbocycles. The molecule has 0 aliphatic rings. The van der Waals surface area contributed by atoms with Crippen LogP contribution in [0.4, 0.5) is 0 Å². The zero-order valence-corrected chi connectivity index (χ0v) is 8.69. The van der Waals surface area contributed by atoms with Gasteiger partial charge in [-0.05, 0) is 18.2 Å². The number of rotatable bonds is 3. The first-order valence-electron chi connectivity index (χ1n) is 4.53. The smallest absolute Gasteiger partial charge is 0.339 e. The van der Waals surface area contributed by atoms with Gasteiger partial charge in [0.1, 0.15) is 17.6 Å². The van der Waals surface area contributed by atoms with Crippen LogP contribution in [0.5, 0.6) is 5.75 Å². The highest BCUT2D eigenvalue weighted by Gasteiger charge is 2.10. The van der Waals surface area contributed by atoms with Crippen LogP contribution in [-0.2, 0) is 4.79 Å². The van der Waals surface area contributed by atoms with E-state index in [0.717, 1.165) is 0 Å². The Morgan fingerprint density at radius 2 is 2.31 bits per heavy atom. The molecule has 1 rings (SSSR count). The average Bonchev–Trinajstić information content (AvgIpc) is 2.29. The van der Waals surface area contributed by atoms with Crippen molar-refractivity contribution >= 4 is 12.3 Å². The number of carbonyl (C=O) groups excluding carboxylic acids is 1. The van der Waals surface area contributed by atoms with E-state index in [-0.39, 0.29) is 17.7 Å². The van der Waals surface area contributed by atoms with Gasteiger partial charge in [-0.3, -0.25) is 0 Å². The van der Waals surface area contributed by atoms with E-state index >= 15 is 0 Å². The number of aldehydes is 1. The number of ether oxygens (including phenoxy) is 1. The van der Waals surface area contributed by atoms with Crippen molar-refractivity contribution in [1.82, 2.24) is 0 Å². The van der Waals surface area contributed by atoms with E-state index in [2.05, 4.69) is 11.8 Å². The molecule has 4 nitrogen and oxygen atoms in total. The number of benzene rings is 1. The summed E-state index contributed by atoms with van der Waals surface area (Å²) in [6, 6.07) is 4.52. The summed E-state index contributed by atoms with van der Waals surface area (Å²) in [5.41, 5.74) is 0.701. The number of aromatic carboxylic acids is 1. The Labute approximate surface area is 92.9 Å². The molecule has 0 unspecified atom stereocenters. The summed E-state index contributed by atoms with van der Waals surface area (Å²) in [5.74, 6) is 4.57. The maximum Gasteiger partial charge on any atom is 0.339 e. The lowest BCUT2D eigenvalue weighted by molar-refractivity contribution is -0.107. The van der Waals surface area contributed by atoms with Crippen LogP contribution in [0.25, 0.3) is 0 Å². The zero-order valence-electron chi connectivity index (χ0n) is 8.69. The van der Waals surface area contributed by atoms with Gasteiger partial charge in [0.05, 0.1) is 13.5 Å². The quantitative estimate of drug-likeness (QED) is 0.614. The van der Waals surface area contributed by atoms with Crippen molar-refractivity contribution in [3.8, 4) is 17.6 Å². The number of hydrogen-bond acceptors (Lipinski definition) is 3. The lowest BCUT2D eigenvalue weighted by atomic mass is 10.1. The van der Waals surface area contributed by atoms with Crippen LogP contribution < -0.4 is 4.74 Å². The van der Waals surface area contributed by atoms with Gasteiger partial charge in [0, 0.05) is 5.56 Å². The molecule has 0 fully saturated rings. The summed E-state index contributed by atoms with van der Waals surface area (Å²) < 4.78 is 4.94. The van der Waals surface area contributed by atoms with E-state index in [1.54, 1.807) is 6.07 Å². The first kappa shape index (κ1) is 11.8. The predicted octanol–water partition coefficient (Wildman–Crippen LogP) is 1.33. The molecule has 1 aromatic carbocycles. The molecule has 4 heteroatoms. The minimum Gasteiger partial charge on any atom is -0.496 e. The van der Waals surface area contributed by atoms with Crippen LogP contribution in [0.3, 0.4) is 0 Å². The third-order valence-electron chi connectivity index (χ3n) is 1.85. The molecular formula is C12H10O4. The lowest BCUT2D eigenvalue weighted by Crippen LogP contribution is -2.00. The number of hydrogen-bond donors (Lipinski definition) is 1. The minimum atomic E-state index is -1.05. The molecule has 0 radical (unpaired) electrons. The first-order valence-corrected chi connectivity index (χ1v) is 4.53. The molecule has 0 bridgehead atoms. The molecular weight excluding hydrogens is 208 g/mol. The largest absolute Gasteiger partial charge is 0.496 e. The number of methoxy groups -OCH3 is 1. The fourth-order valence-corrected chi connectivity index (χ4v) is 1.14. The maximum atomic E-state index is 10.8. The van der Waals surface area contributed by atoms with Crippen molar-refractivity contribution in [2.75, 3.05) is 7.11 Å². The van der Waals surface area contributed by atoms with E-state index in [1.165, 1.54) is 19.2 Å². The summed E-state index contributed by atoms with van der Waals surface area (Å²) in [7, 11) is 1.39. The Hall–Kier alpha value is -2.28. The third-order valence-corrected chi connectivity index (χ3v) is 1.85. The highest BCUT2D eigenvalue weighted by Crippen LogP contribution is 2.19. The second kappa shape index (κ2) is 5.56. The van der Waals surface area contributed by atoms with Crippen LogP contribution >= 0.6 is 0 Å². The first-order chi connectivity index (χ1) is 7.69. The van der Waals surface area contributed by atoms with Crippen LogP contribution in [-0.4, -0.2) is 24.5 Å². The van der Waals surface area contributed by atoms with Crippen molar-refractivity contribution in [2.24, 2.45) is 0 Å². The molecule has 0 amide bonds. The summed E-state index contributed by atoms with van der Waals surface area (Å²) in [4.78, 5) is 20.8. The van der Waals surface area contributed by atoms with Crippen molar-refractivity contribution in [3.05, 3.63) is 29.3 Å². The van der Waals surface area contributed by atoms with Crippen molar-refractivity contribution in [1.29, 1.82) is 0 Å². The normalized spacial score (nSPS) is 8.81. The van der Waals surface area contributed by atoms with Crippen molar-refractivity contribution in [3.63, 3.8) is 0 Å². The summed E-state index contributed by atoms with van der Waals surface area (Å²) in [6.45, 7) is 0. The molecule has 0 saturated carbocycles. The summed E-state index contributed by atoms with van der Waals surface area (Å²) >= 11 is 0. The molecule has 1 N–H and O–H groups in total. The van der Waals surface area contributed by atoms with Crippen LogP contribution in [0, 0.1) is 11.8 Å². The molecule has 0 aromatic heterocycles. The van der Waals surface area contributed by atoms with Gasteiger partial charge in [0.2, 0.25) is 0 Å². The Morgan fingerprint density at radius 3 is 2.88 bits per heavy atom. The van der Waals surface area contributed by atoms with Gasteiger partial charge >= 0.3 is 5.97 Å². The van der Waals surface area contributed by atoms with E-state index in [0.29, 0.717) is 11.8 Å². The van der Waals surface area contributed by atoms with Gasteiger partial charge in [-0.1, -0.05) is 11.8 Å². The molecule has 0 saturated heterocycles. The second-order valence-electron chi connectivity index (χ2n) is 2.89. The summed E-state index contributed by atoms with van der Waals surface area (Å²) in [6.07, 6.45) is 0.860. The topological polar surface area (TPSA) is 63.6 Å². The molecule has 82 valence electrons. The van der Waals surface area contributed by atoms with Gasteiger partial charge in [-0.25, -0.2) is 4.79 Å². The molecule has 16 heavy (non-hydrogen) atoms. The Kier molecular flexibility index (Phi) is 4.10. The molecule has 0 spiro atoms. The highest BCUT2D eigenvalue weighted by molar-refractivity contribution is 5.91.